The molecule has 0 aliphatic carbocycles. The summed E-state index contributed by atoms with van der Waals surface area (Å²) in [6.07, 6.45) is 1.76. The van der Waals surface area contributed by atoms with Crippen LogP contribution < -0.4 is 4.74 Å². The van der Waals surface area contributed by atoms with Crippen molar-refractivity contribution in [3.05, 3.63) is 131 Å². The fourth-order valence-corrected chi connectivity index (χ4v) is 5.60. The lowest BCUT2D eigenvalue weighted by atomic mass is 10.1. The number of benzene rings is 4. The van der Waals surface area contributed by atoms with Crippen molar-refractivity contribution >= 4 is 33.7 Å². The van der Waals surface area contributed by atoms with Gasteiger partial charge in [0.05, 0.1) is 29.3 Å². The van der Waals surface area contributed by atoms with Crippen LogP contribution in [0.25, 0.3) is 11.8 Å². The molecule has 7 nitrogen and oxygen atoms in total. The molecule has 41 heavy (non-hydrogen) atoms. The van der Waals surface area contributed by atoms with Crippen LogP contribution in [0.1, 0.15) is 46.5 Å². The Morgan fingerprint density at radius 2 is 1.41 bits per heavy atom. The number of nitrogens with zero attached hydrogens (tertiary/aromatic N) is 1. The van der Waals surface area contributed by atoms with Gasteiger partial charge >= 0.3 is 11.9 Å². The van der Waals surface area contributed by atoms with Gasteiger partial charge in [-0.2, -0.15) is 0 Å². The first-order chi connectivity index (χ1) is 19.7. The lowest BCUT2D eigenvalue weighted by Crippen LogP contribution is -2.29. The minimum absolute atomic E-state index is 0.0635. The van der Waals surface area contributed by atoms with Gasteiger partial charge in [-0.25, -0.2) is 13.2 Å². The molecule has 0 spiro atoms. The van der Waals surface area contributed by atoms with Crippen molar-refractivity contribution < 1.29 is 27.5 Å². The molecule has 0 unspecified atom stereocenters. The maximum absolute atomic E-state index is 14.2. The number of carbonyl (C=O) groups excluding carboxylic acids is 2. The minimum atomic E-state index is -4.04. The predicted octanol–water partition coefficient (Wildman–Crippen LogP) is 6.49. The molecule has 0 saturated heterocycles. The number of hydrogen-bond acceptors (Lipinski definition) is 6. The minimum Gasteiger partial charge on any atom is -0.462 e. The summed E-state index contributed by atoms with van der Waals surface area (Å²) in [6, 6.07) is 29.4. The van der Waals surface area contributed by atoms with Crippen LogP contribution in [0.4, 0.5) is 0 Å². The van der Waals surface area contributed by atoms with Crippen LogP contribution in [0.3, 0.4) is 0 Å². The van der Waals surface area contributed by atoms with Crippen molar-refractivity contribution in [1.29, 1.82) is 0 Å². The Hall–Kier alpha value is -4.69. The van der Waals surface area contributed by atoms with E-state index in [2.05, 4.69) is 0 Å². The van der Waals surface area contributed by atoms with Crippen LogP contribution in [0.15, 0.2) is 108 Å². The molecule has 0 aromatic heterocycles. The SMILES string of the molecule is CCOC(=O)c1ccc(/C(=C\c2ccc(OC(C)=O)cc2)N(Cc2ccccc2)S(=O)(=O)c2ccc(C)cc2)cc1. The van der Waals surface area contributed by atoms with Gasteiger partial charge in [0.2, 0.25) is 0 Å². The Morgan fingerprint density at radius 1 is 0.805 bits per heavy atom. The summed E-state index contributed by atoms with van der Waals surface area (Å²) in [7, 11) is -4.04. The molecule has 0 N–H and O–H groups in total. The monoisotopic (exact) mass is 569 g/mol. The molecule has 0 amide bonds. The van der Waals surface area contributed by atoms with Crippen LogP contribution >= 0.6 is 0 Å². The van der Waals surface area contributed by atoms with Gasteiger partial charge in [0.25, 0.3) is 10.0 Å². The average Bonchev–Trinajstić information content (AvgIpc) is 2.96. The highest BCUT2D eigenvalue weighted by Crippen LogP contribution is 2.32. The Labute approximate surface area is 240 Å². The van der Waals surface area contributed by atoms with Crippen molar-refractivity contribution in [3.63, 3.8) is 0 Å². The van der Waals surface area contributed by atoms with Crippen LogP contribution in [-0.2, 0) is 26.1 Å². The maximum Gasteiger partial charge on any atom is 0.338 e. The largest absolute Gasteiger partial charge is 0.462 e. The topological polar surface area (TPSA) is 90.0 Å². The Balaban J connectivity index is 1.88. The van der Waals surface area contributed by atoms with Crippen LogP contribution in [0, 0.1) is 6.92 Å². The van der Waals surface area contributed by atoms with Crippen LogP contribution in [-0.4, -0.2) is 31.3 Å². The second kappa shape index (κ2) is 13.1. The Kier molecular flexibility index (Phi) is 9.37. The zero-order valence-corrected chi connectivity index (χ0v) is 23.9. The molecule has 0 aliphatic heterocycles. The van der Waals surface area contributed by atoms with E-state index in [0.29, 0.717) is 28.1 Å². The molecule has 0 radical (unpaired) electrons. The number of hydrogen-bond donors (Lipinski definition) is 0. The van der Waals surface area contributed by atoms with E-state index in [4.69, 9.17) is 9.47 Å². The first-order valence-corrected chi connectivity index (χ1v) is 14.5. The molecule has 0 aliphatic rings. The van der Waals surface area contributed by atoms with Gasteiger partial charge < -0.3 is 9.47 Å². The normalized spacial score (nSPS) is 11.5. The summed E-state index contributed by atoms with van der Waals surface area (Å²) in [5.41, 5.74) is 3.75. The third-order valence-electron chi connectivity index (χ3n) is 6.18. The van der Waals surface area contributed by atoms with E-state index in [9.17, 15) is 18.0 Å². The van der Waals surface area contributed by atoms with Crippen LogP contribution in [0.2, 0.25) is 0 Å². The lowest BCUT2D eigenvalue weighted by molar-refractivity contribution is -0.131. The first kappa shape index (κ1) is 29.3. The van der Waals surface area contributed by atoms with E-state index in [-0.39, 0.29) is 18.0 Å². The molecule has 4 rings (SSSR count). The molecular formula is C33H31NO6S. The van der Waals surface area contributed by atoms with E-state index >= 15 is 0 Å². The molecule has 0 fully saturated rings. The Morgan fingerprint density at radius 3 is 2.00 bits per heavy atom. The van der Waals surface area contributed by atoms with Gasteiger partial charge in [0.15, 0.2) is 0 Å². The molecule has 0 atom stereocenters. The van der Waals surface area contributed by atoms with Gasteiger partial charge in [0, 0.05) is 6.92 Å². The van der Waals surface area contributed by atoms with E-state index in [1.165, 1.54) is 11.2 Å². The fraction of sp³-hybridized carbons (Fsp3) is 0.152. The quantitative estimate of drug-likeness (QED) is 0.123. The summed E-state index contributed by atoms with van der Waals surface area (Å²) < 4.78 is 40.1. The highest BCUT2D eigenvalue weighted by molar-refractivity contribution is 7.89. The lowest BCUT2D eigenvalue weighted by Gasteiger charge is -2.28. The molecule has 8 heteroatoms. The van der Waals surface area contributed by atoms with E-state index < -0.39 is 22.0 Å². The molecular weight excluding hydrogens is 538 g/mol. The maximum atomic E-state index is 14.2. The zero-order valence-electron chi connectivity index (χ0n) is 23.1. The number of ether oxygens (including phenoxy) is 2. The van der Waals surface area contributed by atoms with Crippen LogP contribution in [0.5, 0.6) is 5.75 Å². The first-order valence-electron chi connectivity index (χ1n) is 13.1. The molecule has 4 aromatic rings. The summed E-state index contributed by atoms with van der Waals surface area (Å²) >= 11 is 0. The summed E-state index contributed by atoms with van der Waals surface area (Å²) in [5.74, 6) is -0.517. The van der Waals surface area contributed by atoms with Crippen molar-refractivity contribution in [2.45, 2.75) is 32.2 Å². The average molecular weight is 570 g/mol. The van der Waals surface area contributed by atoms with Crippen molar-refractivity contribution in [2.24, 2.45) is 0 Å². The third kappa shape index (κ3) is 7.49. The third-order valence-corrected chi connectivity index (χ3v) is 7.96. The van der Waals surface area contributed by atoms with Gasteiger partial charge in [-0.15, -0.1) is 0 Å². The van der Waals surface area contributed by atoms with Gasteiger partial charge in [0.1, 0.15) is 5.75 Å². The number of carbonyl (C=O) groups is 2. The van der Waals surface area contributed by atoms with Crippen molar-refractivity contribution in [2.75, 3.05) is 6.61 Å². The molecule has 0 saturated carbocycles. The molecule has 4 aromatic carbocycles. The second-order valence-electron chi connectivity index (χ2n) is 9.30. The summed E-state index contributed by atoms with van der Waals surface area (Å²) in [6.45, 7) is 5.26. The highest BCUT2D eigenvalue weighted by Gasteiger charge is 2.28. The van der Waals surface area contributed by atoms with Crippen molar-refractivity contribution in [1.82, 2.24) is 4.31 Å². The predicted molar refractivity (Wildman–Crippen MR) is 158 cm³/mol. The van der Waals surface area contributed by atoms with Crippen molar-refractivity contribution in [3.8, 4) is 5.75 Å². The molecule has 210 valence electrons. The summed E-state index contributed by atoms with van der Waals surface area (Å²) in [4.78, 5) is 23.8. The summed E-state index contributed by atoms with van der Waals surface area (Å²) in [5, 5.41) is 0. The number of sulfonamides is 1. The van der Waals surface area contributed by atoms with E-state index in [1.54, 1.807) is 85.8 Å². The number of esters is 2. The zero-order chi connectivity index (χ0) is 29.4. The van der Waals surface area contributed by atoms with Gasteiger partial charge in [-0.1, -0.05) is 72.3 Å². The second-order valence-corrected chi connectivity index (χ2v) is 11.2. The highest BCUT2D eigenvalue weighted by atomic mass is 32.2. The Bertz CT molecular complexity index is 1630. The molecule has 0 bridgehead atoms. The number of rotatable bonds is 10. The van der Waals surface area contributed by atoms with Gasteiger partial charge in [-0.3, -0.25) is 9.10 Å². The smallest absolute Gasteiger partial charge is 0.338 e. The standard InChI is InChI=1S/C33H31NO6S/c1-4-39-33(36)29-16-14-28(15-17-29)32(22-26-12-18-30(19-13-26)40-25(3)35)34(23-27-8-6-5-7-9-27)41(37,38)31-20-10-24(2)11-21-31/h5-22H,4,23H2,1-3H3/b32-22+. The van der Waals surface area contributed by atoms with Gasteiger partial charge in [-0.05, 0) is 73.0 Å². The van der Waals surface area contributed by atoms with E-state index in [1.807, 2.05) is 37.3 Å². The number of aryl methyl sites for hydroxylation is 1. The van der Waals surface area contributed by atoms with E-state index in [0.717, 1.165) is 11.1 Å². The molecule has 0 heterocycles. The fourth-order valence-electron chi connectivity index (χ4n) is 4.13.